The van der Waals surface area contributed by atoms with E-state index in [-0.39, 0.29) is 5.91 Å². The average Bonchev–Trinajstić information content (AvgIpc) is 2.51. The molecule has 2 aromatic rings. The molecule has 24 heavy (non-hydrogen) atoms. The number of anilines is 1. The highest BCUT2D eigenvalue weighted by atomic mass is 16.5. The molecule has 0 aliphatic heterocycles. The highest BCUT2D eigenvalue weighted by Gasteiger charge is 2.06. The van der Waals surface area contributed by atoms with Gasteiger partial charge in [-0.1, -0.05) is 32.0 Å². The van der Waals surface area contributed by atoms with Gasteiger partial charge in [-0.25, -0.2) is 0 Å². The summed E-state index contributed by atoms with van der Waals surface area (Å²) in [5.41, 5.74) is 4.58. The van der Waals surface area contributed by atoms with Crippen molar-refractivity contribution < 1.29 is 9.53 Å². The number of aryl methyl sites for hydroxylation is 2. The molecule has 0 saturated carbocycles. The van der Waals surface area contributed by atoms with Gasteiger partial charge in [0.05, 0.1) is 6.61 Å². The first kappa shape index (κ1) is 18.1. The molecule has 1 N–H and O–H groups in total. The standard InChI is InChI=1S/C21H27NO2/c1-15(2)20-11-10-19(14-17(20)4)24-12-6-9-21(23)22-18-8-5-7-16(3)13-18/h5,7-8,10-11,13-15H,6,9,12H2,1-4H3,(H,22,23). The number of hydrogen-bond donors (Lipinski definition) is 1. The molecule has 2 rings (SSSR count). The van der Waals surface area contributed by atoms with Crippen LogP contribution in [0, 0.1) is 13.8 Å². The van der Waals surface area contributed by atoms with Crippen molar-refractivity contribution in [1.82, 2.24) is 0 Å². The molecule has 0 aliphatic rings. The molecule has 0 spiro atoms. The van der Waals surface area contributed by atoms with Crippen molar-refractivity contribution in [2.24, 2.45) is 0 Å². The highest BCUT2D eigenvalue weighted by molar-refractivity contribution is 5.90. The number of carbonyl (C=O) groups excluding carboxylic acids is 1. The number of hydrogen-bond acceptors (Lipinski definition) is 2. The summed E-state index contributed by atoms with van der Waals surface area (Å²) in [6.45, 7) is 9.04. The Kier molecular flexibility index (Phi) is 6.42. The Morgan fingerprint density at radius 1 is 1.12 bits per heavy atom. The van der Waals surface area contributed by atoms with Crippen LogP contribution in [0.15, 0.2) is 42.5 Å². The summed E-state index contributed by atoms with van der Waals surface area (Å²) in [4.78, 5) is 11.9. The first-order valence-corrected chi connectivity index (χ1v) is 8.55. The van der Waals surface area contributed by atoms with Gasteiger partial charge in [-0.05, 0) is 67.1 Å². The van der Waals surface area contributed by atoms with Gasteiger partial charge in [0.25, 0.3) is 0 Å². The van der Waals surface area contributed by atoms with E-state index in [1.54, 1.807) is 0 Å². The van der Waals surface area contributed by atoms with Crippen LogP contribution >= 0.6 is 0 Å². The largest absolute Gasteiger partial charge is 0.494 e. The molecule has 0 unspecified atom stereocenters. The van der Waals surface area contributed by atoms with Crippen LogP contribution in [-0.4, -0.2) is 12.5 Å². The smallest absolute Gasteiger partial charge is 0.224 e. The third-order valence-electron chi connectivity index (χ3n) is 3.98. The lowest BCUT2D eigenvalue weighted by Crippen LogP contribution is -2.12. The van der Waals surface area contributed by atoms with Crippen LogP contribution in [0.2, 0.25) is 0 Å². The fraction of sp³-hybridized carbons (Fsp3) is 0.381. The van der Waals surface area contributed by atoms with Crippen molar-refractivity contribution in [1.29, 1.82) is 0 Å². The summed E-state index contributed by atoms with van der Waals surface area (Å²) in [6.07, 6.45) is 1.15. The van der Waals surface area contributed by atoms with Crippen LogP contribution in [-0.2, 0) is 4.79 Å². The fourth-order valence-corrected chi connectivity index (χ4v) is 2.75. The Morgan fingerprint density at radius 2 is 1.92 bits per heavy atom. The Balaban J connectivity index is 1.74. The Hall–Kier alpha value is -2.29. The maximum Gasteiger partial charge on any atom is 0.224 e. The topological polar surface area (TPSA) is 38.3 Å². The lowest BCUT2D eigenvalue weighted by atomic mass is 9.98. The second-order valence-corrected chi connectivity index (χ2v) is 6.54. The van der Waals surface area contributed by atoms with Gasteiger partial charge in [0.15, 0.2) is 0 Å². The van der Waals surface area contributed by atoms with Crippen molar-refractivity contribution in [2.45, 2.75) is 46.5 Å². The summed E-state index contributed by atoms with van der Waals surface area (Å²) >= 11 is 0. The Bertz CT molecular complexity index is 692. The van der Waals surface area contributed by atoms with Gasteiger partial charge in [0.2, 0.25) is 5.91 Å². The zero-order valence-corrected chi connectivity index (χ0v) is 15.1. The maximum atomic E-state index is 11.9. The van der Waals surface area contributed by atoms with Crippen molar-refractivity contribution >= 4 is 11.6 Å². The van der Waals surface area contributed by atoms with Gasteiger partial charge in [-0.3, -0.25) is 4.79 Å². The SMILES string of the molecule is Cc1cccc(NC(=O)CCCOc2ccc(C(C)C)c(C)c2)c1. The zero-order chi connectivity index (χ0) is 17.5. The first-order valence-electron chi connectivity index (χ1n) is 8.55. The number of amides is 1. The third kappa shape index (κ3) is 5.41. The van der Waals surface area contributed by atoms with E-state index < -0.39 is 0 Å². The first-order chi connectivity index (χ1) is 11.5. The van der Waals surface area contributed by atoms with Crippen molar-refractivity contribution in [2.75, 3.05) is 11.9 Å². The zero-order valence-electron chi connectivity index (χ0n) is 15.1. The molecule has 0 fully saturated rings. The minimum Gasteiger partial charge on any atom is -0.494 e. The van der Waals surface area contributed by atoms with E-state index in [0.717, 1.165) is 17.0 Å². The van der Waals surface area contributed by atoms with Crippen molar-refractivity contribution in [3.05, 3.63) is 59.2 Å². The average molecular weight is 325 g/mol. The van der Waals surface area contributed by atoms with E-state index >= 15 is 0 Å². The van der Waals surface area contributed by atoms with Crippen LogP contribution in [0.25, 0.3) is 0 Å². The van der Waals surface area contributed by atoms with Gasteiger partial charge >= 0.3 is 0 Å². The lowest BCUT2D eigenvalue weighted by molar-refractivity contribution is -0.116. The lowest BCUT2D eigenvalue weighted by Gasteiger charge is -2.12. The van der Waals surface area contributed by atoms with Crippen LogP contribution < -0.4 is 10.1 Å². The van der Waals surface area contributed by atoms with Crippen LogP contribution in [0.3, 0.4) is 0 Å². The van der Waals surface area contributed by atoms with Gasteiger partial charge in [-0.15, -0.1) is 0 Å². The summed E-state index contributed by atoms with van der Waals surface area (Å²) in [5, 5.41) is 2.92. The fourth-order valence-electron chi connectivity index (χ4n) is 2.75. The number of benzene rings is 2. The van der Waals surface area contributed by atoms with Gasteiger partial charge in [0.1, 0.15) is 5.75 Å². The molecule has 128 valence electrons. The van der Waals surface area contributed by atoms with Crippen LogP contribution in [0.5, 0.6) is 5.75 Å². The van der Waals surface area contributed by atoms with Crippen LogP contribution in [0.4, 0.5) is 5.69 Å². The maximum absolute atomic E-state index is 11.9. The summed E-state index contributed by atoms with van der Waals surface area (Å²) in [7, 11) is 0. The van der Waals surface area contributed by atoms with E-state index in [9.17, 15) is 4.79 Å². The summed E-state index contributed by atoms with van der Waals surface area (Å²) in [6, 6.07) is 14.0. The minimum absolute atomic E-state index is 0.0236. The number of carbonyl (C=O) groups is 1. The molecule has 3 nitrogen and oxygen atoms in total. The number of nitrogens with one attached hydrogen (secondary N) is 1. The molecule has 0 bridgehead atoms. The monoisotopic (exact) mass is 325 g/mol. The highest BCUT2D eigenvalue weighted by Crippen LogP contribution is 2.23. The van der Waals surface area contributed by atoms with Crippen molar-refractivity contribution in [3.8, 4) is 5.75 Å². The molecule has 0 radical (unpaired) electrons. The summed E-state index contributed by atoms with van der Waals surface area (Å²) in [5.74, 6) is 1.41. The molecule has 0 heterocycles. The molecule has 2 aromatic carbocycles. The van der Waals surface area contributed by atoms with Crippen LogP contribution in [0.1, 0.15) is 49.3 Å². The quantitative estimate of drug-likeness (QED) is 0.708. The predicted molar refractivity (Wildman–Crippen MR) is 99.8 cm³/mol. The second kappa shape index (κ2) is 8.53. The van der Waals surface area contributed by atoms with E-state index in [2.05, 4.69) is 38.2 Å². The Morgan fingerprint density at radius 3 is 2.58 bits per heavy atom. The van der Waals surface area contributed by atoms with E-state index in [1.807, 2.05) is 37.3 Å². The van der Waals surface area contributed by atoms with E-state index in [4.69, 9.17) is 4.74 Å². The van der Waals surface area contributed by atoms with Crippen molar-refractivity contribution in [3.63, 3.8) is 0 Å². The Labute approximate surface area is 145 Å². The molecule has 0 aliphatic carbocycles. The molecular weight excluding hydrogens is 298 g/mol. The van der Waals surface area contributed by atoms with Gasteiger partial charge < -0.3 is 10.1 Å². The second-order valence-electron chi connectivity index (χ2n) is 6.54. The summed E-state index contributed by atoms with van der Waals surface area (Å²) < 4.78 is 5.76. The molecule has 0 atom stereocenters. The minimum atomic E-state index is 0.0236. The molecular formula is C21H27NO2. The number of rotatable bonds is 7. The molecule has 3 heteroatoms. The molecule has 0 saturated heterocycles. The van der Waals surface area contributed by atoms with Gasteiger partial charge in [-0.2, -0.15) is 0 Å². The molecule has 0 aromatic heterocycles. The normalized spacial score (nSPS) is 10.7. The molecule has 1 amide bonds. The van der Waals surface area contributed by atoms with Gasteiger partial charge in [0, 0.05) is 12.1 Å². The predicted octanol–water partition coefficient (Wildman–Crippen LogP) is 5.22. The number of ether oxygens (including phenoxy) is 1. The van der Waals surface area contributed by atoms with E-state index in [0.29, 0.717) is 25.4 Å². The van der Waals surface area contributed by atoms with E-state index in [1.165, 1.54) is 11.1 Å². The third-order valence-corrected chi connectivity index (χ3v) is 3.98.